The van der Waals surface area contributed by atoms with Gasteiger partial charge in [0.25, 0.3) is 15.9 Å². The van der Waals surface area contributed by atoms with E-state index in [1.807, 2.05) is 11.1 Å². The van der Waals surface area contributed by atoms with Gasteiger partial charge in [-0.3, -0.25) is 19.8 Å². The van der Waals surface area contributed by atoms with Crippen LogP contribution < -0.4 is 15.0 Å². The van der Waals surface area contributed by atoms with Crippen LogP contribution in [0.15, 0.2) is 113 Å². The Kier molecular flexibility index (Phi) is 6.69. The lowest BCUT2D eigenvalue weighted by Crippen LogP contribution is -2.42. The van der Waals surface area contributed by atoms with Crippen LogP contribution in [0.5, 0.6) is 0 Å². The fraction of sp³-hybridized carbons (Fsp3) is 0.129. The molecule has 4 aromatic carbocycles. The standard InChI is InChI=1S/C31H26N4O3S2/c1-20-11-13-21(14-12-20)29-27-19-23-9-5-6-10-26(23)28(27)33-35(29)24-15-17-25(18-16-24)40(37,38)34-31(39)32-30(36)22-7-3-2-4-8-22/h2-18,27,29H,19H2,1H3,(H2,32,34,36,39). The maximum absolute atomic E-state index is 13.0. The number of nitrogens with one attached hydrogen (secondary N) is 2. The molecule has 0 radical (unpaired) electrons. The summed E-state index contributed by atoms with van der Waals surface area (Å²) in [5.41, 5.74) is 7.01. The second-order valence-electron chi connectivity index (χ2n) is 9.90. The van der Waals surface area contributed by atoms with Crippen molar-refractivity contribution in [2.75, 3.05) is 5.01 Å². The number of aryl methyl sites for hydroxylation is 1. The van der Waals surface area contributed by atoms with Crippen molar-refractivity contribution in [3.63, 3.8) is 0 Å². The highest BCUT2D eigenvalue weighted by molar-refractivity contribution is 7.91. The minimum Gasteiger partial charge on any atom is -0.298 e. The second-order valence-corrected chi connectivity index (χ2v) is 12.0. The zero-order valence-electron chi connectivity index (χ0n) is 21.6. The van der Waals surface area contributed by atoms with Gasteiger partial charge in [0.15, 0.2) is 5.11 Å². The number of carbonyl (C=O) groups is 1. The molecule has 0 bridgehead atoms. The van der Waals surface area contributed by atoms with Gasteiger partial charge in [-0.25, -0.2) is 8.42 Å². The van der Waals surface area contributed by atoms with Gasteiger partial charge in [0.2, 0.25) is 0 Å². The molecule has 0 saturated heterocycles. The quantitative estimate of drug-likeness (QED) is 0.327. The monoisotopic (exact) mass is 566 g/mol. The number of benzene rings is 4. The van der Waals surface area contributed by atoms with Gasteiger partial charge in [0.05, 0.1) is 22.3 Å². The molecule has 1 aliphatic heterocycles. The van der Waals surface area contributed by atoms with Gasteiger partial charge in [-0.2, -0.15) is 5.10 Å². The number of amides is 1. The number of hydrogen-bond donors (Lipinski definition) is 2. The zero-order chi connectivity index (χ0) is 27.9. The maximum atomic E-state index is 13.0. The van der Waals surface area contributed by atoms with Crippen molar-refractivity contribution in [1.29, 1.82) is 0 Å². The van der Waals surface area contributed by atoms with E-state index in [-0.39, 0.29) is 22.0 Å². The highest BCUT2D eigenvalue weighted by atomic mass is 32.2. The Morgan fingerprint density at radius 3 is 2.30 bits per heavy atom. The number of hydrazone groups is 1. The fourth-order valence-electron chi connectivity index (χ4n) is 5.32. The fourth-order valence-corrected chi connectivity index (χ4v) is 6.65. The van der Waals surface area contributed by atoms with E-state index < -0.39 is 15.9 Å². The highest BCUT2D eigenvalue weighted by Gasteiger charge is 2.44. The molecule has 2 atom stereocenters. The lowest BCUT2D eigenvalue weighted by Gasteiger charge is -2.28. The maximum Gasteiger partial charge on any atom is 0.263 e. The summed E-state index contributed by atoms with van der Waals surface area (Å²) in [6, 6.07) is 31.8. The number of rotatable bonds is 5. The zero-order valence-corrected chi connectivity index (χ0v) is 23.2. The molecule has 0 saturated carbocycles. The van der Waals surface area contributed by atoms with E-state index in [2.05, 4.69) is 59.4 Å². The van der Waals surface area contributed by atoms with Gasteiger partial charge < -0.3 is 0 Å². The van der Waals surface area contributed by atoms with Crippen molar-refractivity contribution in [2.24, 2.45) is 11.0 Å². The minimum absolute atomic E-state index is 0.0237. The Morgan fingerprint density at radius 1 is 0.900 bits per heavy atom. The van der Waals surface area contributed by atoms with Crippen LogP contribution in [0.3, 0.4) is 0 Å². The van der Waals surface area contributed by atoms with Crippen molar-refractivity contribution in [3.8, 4) is 0 Å². The number of carbonyl (C=O) groups excluding carboxylic acids is 1. The average molecular weight is 567 g/mol. The third-order valence-electron chi connectivity index (χ3n) is 7.26. The third kappa shape index (κ3) is 4.89. The van der Waals surface area contributed by atoms with Gasteiger partial charge in [0.1, 0.15) is 0 Å². The topological polar surface area (TPSA) is 90.9 Å². The Labute approximate surface area is 238 Å². The van der Waals surface area contributed by atoms with Crippen molar-refractivity contribution in [3.05, 3.63) is 131 Å². The van der Waals surface area contributed by atoms with E-state index in [0.29, 0.717) is 5.56 Å². The van der Waals surface area contributed by atoms with Crippen molar-refractivity contribution in [1.82, 2.24) is 10.0 Å². The SMILES string of the molecule is Cc1ccc(C2C3Cc4ccccc4C3=NN2c2ccc(S(=O)(=O)NC(=S)NC(=O)c3ccccc3)cc2)cc1. The summed E-state index contributed by atoms with van der Waals surface area (Å²) in [5.74, 6) is -0.304. The van der Waals surface area contributed by atoms with E-state index in [1.165, 1.54) is 28.8 Å². The molecule has 7 nitrogen and oxygen atoms in total. The van der Waals surface area contributed by atoms with E-state index >= 15 is 0 Å². The van der Waals surface area contributed by atoms with E-state index in [4.69, 9.17) is 17.3 Å². The molecule has 4 aromatic rings. The summed E-state index contributed by atoms with van der Waals surface area (Å²) in [5, 5.41) is 9.17. The predicted molar refractivity (Wildman–Crippen MR) is 160 cm³/mol. The first-order valence-corrected chi connectivity index (χ1v) is 14.7. The molecule has 6 rings (SSSR count). The largest absolute Gasteiger partial charge is 0.298 e. The minimum atomic E-state index is -4.01. The molecule has 1 amide bonds. The number of anilines is 1. The smallest absolute Gasteiger partial charge is 0.263 e. The van der Waals surface area contributed by atoms with Gasteiger partial charge in [-0.15, -0.1) is 0 Å². The van der Waals surface area contributed by atoms with Crippen LogP contribution in [-0.2, 0) is 16.4 Å². The molecule has 200 valence electrons. The molecule has 0 fully saturated rings. The number of nitrogens with zero attached hydrogens (tertiary/aromatic N) is 2. The second kappa shape index (κ2) is 10.3. The number of fused-ring (bicyclic) bond motifs is 3. The van der Waals surface area contributed by atoms with E-state index in [9.17, 15) is 13.2 Å². The van der Waals surface area contributed by atoms with Crippen LogP contribution in [0.4, 0.5) is 5.69 Å². The summed E-state index contributed by atoms with van der Waals surface area (Å²) in [6.45, 7) is 2.06. The molecule has 0 spiro atoms. The number of sulfonamides is 1. The van der Waals surface area contributed by atoms with Gasteiger partial charge in [0, 0.05) is 17.0 Å². The van der Waals surface area contributed by atoms with Gasteiger partial charge in [-0.05, 0) is 73.1 Å². The molecule has 2 unspecified atom stereocenters. The first-order chi connectivity index (χ1) is 19.3. The molecule has 40 heavy (non-hydrogen) atoms. The molecule has 1 aliphatic carbocycles. The van der Waals surface area contributed by atoms with E-state index in [0.717, 1.165) is 23.4 Å². The van der Waals surface area contributed by atoms with E-state index in [1.54, 1.807) is 42.5 Å². The molecular weight excluding hydrogens is 541 g/mol. The van der Waals surface area contributed by atoms with Crippen molar-refractivity contribution in [2.45, 2.75) is 24.3 Å². The predicted octanol–water partition coefficient (Wildman–Crippen LogP) is 5.13. The third-order valence-corrected chi connectivity index (χ3v) is 8.96. The Hall–Kier alpha value is -4.34. The molecule has 2 N–H and O–H groups in total. The normalized spacial score (nSPS) is 17.5. The lowest BCUT2D eigenvalue weighted by atomic mass is 9.89. The Morgan fingerprint density at radius 2 is 1.57 bits per heavy atom. The summed E-state index contributed by atoms with van der Waals surface area (Å²) < 4.78 is 28.3. The highest BCUT2D eigenvalue weighted by Crippen LogP contribution is 2.46. The van der Waals surface area contributed by atoms with Crippen LogP contribution >= 0.6 is 12.2 Å². The van der Waals surface area contributed by atoms with Crippen LogP contribution in [0.2, 0.25) is 0 Å². The van der Waals surface area contributed by atoms with Gasteiger partial charge in [-0.1, -0.05) is 72.3 Å². The molecular formula is C31H26N4O3S2. The first kappa shape index (κ1) is 25.9. The molecule has 9 heteroatoms. The van der Waals surface area contributed by atoms with Crippen LogP contribution in [0.25, 0.3) is 0 Å². The lowest BCUT2D eigenvalue weighted by molar-refractivity contribution is 0.0977. The van der Waals surface area contributed by atoms with Gasteiger partial charge >= 0.3 is 0 Å². The van der Waals surface area contributed by atoms with Crippen LogP contribution in [0, 0.1) is 12.8 Å². The summed E-state index contributed by atoms with van der Waals surface area (Å²) in [7, 11) is -4.01. The summed E-state index contributed by atoms with van der Waals surface area (Å²) in [6.07, 6.45) is 0.895. The Bertz CT molecular complexity index is 1740. The van der Waals surface area contributed by atoms with Crippen LogP contribution in [0.1, 0.15) is 38.7 Å². The average Bonchev–Trinajstić information content (AvgIpc) is 3.50. The molecule has 1 heterocycles. The number of thiocarbonyl (C=S) groups is 1. The molecule has 2 aliphatic rings. The Balaban J connectivity index is 1.25. The van der Waals surface area contributed by atoms with Crippen LogP contribution in [-0.4, -0.2) is 25.1 Å². The summed E-state index contributed by atoms with van der Waals surface area (Å²) >= 11 is 5.10. The van der Waals surface area contributed by atoms with Crippen molar-refractivity contribution >= 4 is 44.7 Å². The molecule has 0 aromatic heterocycles. The first-order valence-electron chi connectivity index (χ1n) is 12.9. The summed E-state index contributed by atoms with van der Waals surface area (Å²) in [4.78, 5) is 12.4. The van der Waals surface area contributed by atoms with Crippen molar-refractivity contribution < 1.29 is 13.2 Å². The number of hydrogen-bond acceptors (Lipinski definition) is 6.